The van der Waals surface area contributed by atoms with Crippen molar-refractivity contribution in [3.63, 3.8) is 0 Å². The maximum atomic E-state index is 13.2. The van der Waals surface area contributed by atoms with Gasteiger partial charge in [-0.25, -0.2) is 4.79 Å². The van der Waals surface area contributed by atoms with Crippen LogP contribution in [0.4, 0.5) is 0 Å². The van der Waals surface area contributed by atoms with Crippen molar-refractivity contribution in [2.24, 2.45) is 0 Å². The van der Waals surface area contributed by atoms with E-state index in [0.717, 1.165) is 11.3 Å². The number of hydrogen-bond donors (Lipinski definition) is 0. The van der Waals surface area contributed by atoms with Crippen LogP contribution >= 0.6 is 0 Å². The fourth-order valence-electron chi connectivity index (χ4n) is 4.33. The molecule has 0 atom stereocenters. The first-order valence-corrected chi connectivity index (χ1v) is 12.0. The van der Waals surface area contributed by atoms with Crippen LogP contribution in [-0.4, -0.2) is 11.8 Å². The molecule has 7 nitrogen and oxygen atoms in total. The molecule has 0 aliphatic carbocycles. The maximum Gasteiger partial charge on any atom is 0.347 e. The second-order valence-corrected chi connectivity index (χ2v) is 8.90. The number of benzene rings is 3. The first-order chi connectivity index (χ1) is 18.4. The summed E-state index contributed by atoms with van der Waals surface area (Å²) in [6, 6.07) is 23.4. The minimum Gasteiger partial charge on any atom is -0.489 e. The Balaban J connectivity index is 1.22. The van der Waals surface area contributed by atoms with Crippen LogP contribution in [0.1, 0.15) is 43.6 Å². The molecule has 2 aromatic heterocycles. The topological polar surface area (TPSA) is 88.1 Å². The molecule has 0 unspecified atom stereocenters. The fourth-order valence-corrected chi connectivity index (χ4v) is 4.33. The molecule has 1 aliphatic rings. The van der Waals surface area contributed by atoms with Gasteiger partial charge in [0.2, 0.25) is 5.78 Å². The molecule has 1 aliphatic heterocycles. The minimum absolute atomic E-state index is 0.137. The van der Waals surface area contributed by atoms with Gasteiger partial charge >= 0.3 is 5.97 Å². The molecule has 0 N–H and O–H groups in total. The van der Waals surface area contributed by atoms with Gasteiger partial charge < -0.3 is 23.0 Å². The number of esters is 1. The molecule has 3 aromatic carbocycles. The van der Waals surface area contributed by atoms with Crippen LogP contribution in [0.15, 0.2) is 93.5 Å². The van der Waals surface area contributed by atoms with Crippen molar-refractivity contribution in [1.82, 2.24) is 0 Å². The molecule has 0 fully saturated rings. The molecular weight excluding hydrogens is 484 g/mol. The van der Waals surface area contributed by atoms with E-state index in [-0.39, 0.29) is 17.3 Å². The number of furan rings is 2. The zero-order valence-corrected chi connectivity index (χ0v) is 20.6. The van der Waals surface area contributed by atoms with Crippen molar-refractivity contribution < 1.29 is 32.6 Å². The molecule has 0 amide bonds. The molecule has 6 rings (SSSR count). The lowest BCUT2D eigenvalue weighted by molar-refractivity contribution is 0.0734. The van der Waals surface area contributed by atoms with Gasteiger partial charge in [-0.3, -0.25) is 4.79 Å². The molecule has 3 heterocycles. The second kappa shape index (κ2) is 9.44. The number of hydrogen-bond acceptors (Lipinski definition) is 7. The van der Waals surface area contributed by atoms with Crippen LogP contribution < -0.4 is 14.2 Å². The van der Waals surface area contributed by atoms with Gasteiger partial charge in [-0.1, -0.05) is 30.3 Å². The predicted molar refractivity (Wildman–Crippen MR) is 140 cm³/mol. The summed E-state index contributed by atoms with van der Waals surface area (Å²) in [5.74, 6) is 2.09. The number of aryl methyl sites for hydroxylation is 2. The lowest BCUT2D eigenvalue weighted by atomic mass is 10.1. The molecule has 0 bridgehead atoms. The van der Waals surface area contributed by atoms with Crippen LogP contribution in [0.25, 0.3) is 17.0 Å². The first-order valence-electron chi connectivity index (χ1n) is 12.0. The summed E-state index contributed by atoms with van der Waals surface area (Å²) >= 11 is 0. The summed E-state index contributed by atoms with van der Waals surface area (Å²) in [5, 5.41) is 0.588. The average Bonchev–Trinajstić information content (AvgIpc) is 3.57. The highest BCUT2D eigenvalue weighted by Gasteiger charge is 2.29. The maximum absolute atomic E-state index is 13.2. The van der Waals surface area contributed by atoms with Crippen LogP contribution in [-0.2, 0) is 6.61 Å². The third-order valence-electron chi connectivity index (χ3n) is 6.17. The van der Waals surface area contributed by atoms with E-state index in [1.807, 2.05) is 37.3 Å². The summed E-state index contributed by atoms with van der Waals surface area (Å²) in [5.41, 5.74) is 2.26. The largest absolute Gasteiger partial charge is 0.489 e. The number of carbonyl (C=O) groups excluding carboxylic acids is 2. The molecule has 38 heavy (non-hydrogen) atoms. The Morgan fingerprint density at radius 2 is 1.71 bits per heavy atom. The Bertz CT molecular complexity index is 1720. The van der Waals surface area contributed by atoms with E-state index < -0.39 is 5.97 Å². The Labute approximate surface area is 217 Å². The molecule has 0 spiro atoms. The van der Waals surface area contributed by atoms with Gasteiger partial charge in [0.05, 0.1) is 5.56 Å². The van der Waals surface area contributed by atoms with Gasteiger partial charge in [-0.05, 0) is 61.9 Å². The summed E-state index contributed by atoms with van der Waals surface area (Å²) < 4.78 is 28.6. The van der Waals surface area contributed by atoms with Crippen LogP contribution in [0.3, 0.4) is 0 Å². The number of rotatable bonds is 6. The van der Waals surface area contributed by atoms with Crippen molar-refractivity contribution >= 4 is 28.8 Å². The Hall–Kier alpha value is -5.04. The van der Waals surface area contributed by atoms with E-state index in [2.05, 4.69) is 0 Å². The van der Waals surface area contributed by atoms with E-state index in [9.17, 15) is 9.59 Å². The van der Waals surface area contributed by atoms with Crippen molar-refractivity contribution in [2.45, 2.75) is 20.5 Å². The van der Waals surface area contributed by atoms with Gasteiger partial charge in [0.15, 0.2) is 5.76 Å². The number of Topliss-reactive ketones (excluding diaryl/α,β-unsaturated/α-hetero) is 1. The number of ketones is 1. The molecule has 5 aromatic rings. The third kappa shape index (κ3) is 4.46. The van der Waals surface area contributed by atoms with Crippen LogP contribution in [0.5, 0.6) is 17.2 Å². The van der Waals surface area contributed by atoms with E-state index in [4.69, 9.17) is 23.0 Å². The molecule has 0 saturated carbocycles. The van der Waals surface area contributed by atoms with E-state index in [1.165, 1.54) is 6.07 Å². The van der Waals surface area contributed by atoms with Gasteiger partial charge in [0.25, 0.3) is 0 Å². The van der Waals surface area contributed by atoms with Crippen molar-refractivity contribution in [3.8, 4) is 17.2 Å². The highest BCUT2D eigenvalue weighted by Crippen LogP contribution is 2.36. The Kier molecular flexibility index (Phi) is 5.81. The highest BCUT2D eigenvalue weighted by atomic mass is 16.5. The molecule has 188 valence electrons. The zero-order chi connectivity index (χ0) is 26.2. The minimum atomic E-state index is -0.590. The zero-order valence-electron chi connectivity index (χ0n) is 20.6. The fraction of sp³-hybridized carbons (Fsp3) is 0.0968. The Morgan fingerprint density at radius 1 is 0.895 bits per heavy atom. The standard InChI is InChI=1S/C31H22O7/c1-18-8-9-22(35-18)16-28-30(32)24-12-10-23(15-27(24)38-28)37-31(33)29-19(2)36-26-13-11-21(14-25(26)29)34-17-20-6-4-3-5-7-20/h3-16H,17H2,1-2H3. The summed E-state index contributed by atoms with van der Waals surface area (Å²) in [6.07, 6.45) is 1.54. The normalized spacial score (nSPS) is 13.5. The molecule has 7 heteroatoms. The second-order valence-electron chi connectivity index (χ2n) is 8.90. The van der Waals surface area contributed by atoms with Crippen LogP contribution in [0, 0.1) is 13.8 Å². The predicted octanol–water partition coefficient (Wildman–Crippen LogP) is 7.06. The van der Waals surface area contributed by atoms with Crippen molar-refractivity contribution in [2.75, 3.05) is 0 Å². The highest BCUT2D eigenvalue weighted by molar-refractivity contribution is 6.14. The van der Waals surface area contributed by atoms with E-state index >= 15 is 0 Å². The van der Waals surface area contributed by atoms with Gasteiger partial charge in [0.1, 0.15) is 52.3 Å². The smallest absolute Gasteiger partial charge is 0.347 e. The third-order valence-corrected chi connectivity index (χ3v) is 6.17. The number of carbonyl (C=O) groups is 2. The molecule has 0 radical (unpaired) electrons. The average molecular weight is 507 g/mol. The first kappa shape index (κ1) is 23.4. The van der Waals surface area contributed by atoms with Gasteiger partial charge in [-0.15, -0.1) is 0 Å². The summed E-state index contributed by atoms with van der Waals surface area (Å²) in [6.45, 7) is 3.92. The van der Waals surface area contributed by atoms with Crippen molar-refractivity contribution in [1.29, 1.82) is 0 Å². The number of fused-ring (bicyclic) bond motifs is 2. The number of allylic oxidation sites excluding steroid dienone is 1. The summed E-state index contributed by atoms with van der Waals surface area (Å²) in [7, 11) is 0. The SMILES string of the molecule is Cc1ccc(C=C2Oc3cc(OC(=O)c4c(C)oc5ccc(OCc6ccccc6)cc45)ccc3C2=O)o1. The van der Waals surface area contributed by atoms with E-state index in [0.29, 0.717) is 51.7 Å². The number of ether oxygens (including phenoxy) is 3. The Morgan fingerprint density at radius 3 is 2.50 bits per heavy atom. The van der Waals surface area contributed by atoms with Crippen molar-refractivity contribution in [3.05, 3.63) is 119 Å². The lowest BCUT2D eigenvalue weighted by Crippen LogP contribution is -2.09. The van der Waals surface area contributed by atoms with Gasteiger partial charge in [-0.2, -0.15) is 0 Å². The lowest BCUT2D eigenvalue weighted by Gasteiger charge is -2.07. The molecular formula is C31H22O7. The van der Waals surface area contributed by atoms with Gasteiger partial charge in [0, 0.05) is 17.5 Å². The quantitative estimate of drug-likeness (QED) is 0.138. The monoisotopic (exact) mass is 506 g/mol. The summed E-state index contributed by atoms with van der Waals surface area (Å²) in [4.78, 5) is 25.9. The molecule has 0 saturated heterocycles. The van der Waals surface area contributed by atoms with E-state index in [1.54, 1.807) is 55.5 Å². The van der Waals surface area contributed by atoms with Crippen LogP contribution in [0.2, 0.25) is 0 Å².